The van der Waals surface area contributed by atoms with Gasteiger partial charge in [-0.05, 0) is 95.1 Å². The van der Waals surface area contributed by atoms with Crippen LogP contribution in [0.15, 0.2) is 182 Å². The molecular formula is C48H30N2S. The van der Waals surface area contributed by atoms with Gasteiger partial charge in [-0.2, -0.15) is 0 Å². The fraction of sp³-hybridized carbons (Fsp3) is 0. The first-order valence-electron chi connectivity index (χ1n) is 17.4. The maximum absolute atomic E-state index is 2.43. The minimum Gasteiger partial charge on any atom is -0.309 e. The van der Waals surface area contributed by atoms with Gasteiger partial charge in [0.15, 0.2) is 0 Å². The van der Waals surface area contributed by atoms with Crippen molar-refractivity contribution in [2.75, 3.05) is 0 Å². The first-order chi connectivity index (χ1) is 25.3. The van der Waals surface area contributed by atoms with Crippen LogP contribution in [0.5, 0.6) is 0 Å². The van der Waals surface area contributed by atoms with E-state index in [0.717, 1.165) is 5.69 Å². The zero-order valence-electron chi connectivity index (χ0n) is 27.6. The van der Waals surface area contributed by atoms with Crippen LogP contribution in [-0.2, 0) is 0 Å². The largest absolute Gasteiger partial charge is 0.309 e. The Kier molecular flexibility index (Phi) is 6.16. The van der Waals surface area contributed by atoms with Crippen molar-refractivity contribution in [2.45, 2.75) is 0 Å². The quantitative estimate of drug-likeness (QED) is 0.177. The second-order valence-corrected chi connectivity index (χ2v) is 14.4. The van der Waals surface area contributed by atoms with Crippen molar-refractivity contribution in [3.8, 4) is 33.6 Å². The Labute approximate surface area is 298 Å². The average molecular weight is 667 g/mol. The maximum atomic E-state index is 2.43. The summed E-state index contributed by atoms with van der Waals surface area (Å²) < 4.78 is 7.48. The molecular weight excluding hydrogens is 637 g/mol. The number of rotatable bonds is 4. The number of benzene rings is 8. The standard InChI is InChI=1S/C48H30N2S/c1-2-10-31(11-3-1)32-18-22-35(23-19-32)49-43-15-7-4-12-37(43)40-28-33(20-25-45(40)49)34-21-26-46-41(29-34)38-13-5-8-16-44(38)50(46)36-24-27-48-42(30-36)39-14-6-9-17-47(39)51-48/h1-30H. The van der Waals surface area contributed by atoms with Crippen LogP contribution in [-0.4, -0.2) is 9.13 Å². The van der Waals surface area contributed by atoms with Crippen molar-refractivity contribution in [1.82, 2.24) is 9.13 Å². The van der Waals surface area contributed by atoms with Crippen molar-refractivity contribution >= 4 is 75.1 Å². The fourth-order valence-electron chi connectivity index (χ4n) is 8.15. The lowest BCUT2D eigenvalue weighted by atomic mass is 10.0. The molecule has 11 rings (SSSR count). The third-order valence-corrected chi connectivity index (χ3v) is 11.7. The van der Waals surface area contributed by atoms with Crippen LogP contribution < -0.4 is 0 Å². The minimum absolute atomic E-state index is 1.16. The van der Waals surface area contributed by atoms with E-state index in [0.29, 0.717) is 0 Å². The Bertz CT molecular complexity index is 3120. The van der Waals surface area contributed by atoms with Crippen molar-refractivity contribution in [3.63, 3.8) is 0 Å². The molecule has 3 heterocycles. The van der Waals surface area contributed by atoms with Gasteiger partial charge < -0.3 is 9.13 Å². The molecule has 0 aliphatic heterocycles. The van der Waals surface area contributed by atoms with E-state index in [2.05, 4.69) is 191 Å². The molecule has 3 aromatic heterocycles. The van der Waals surface area contributed by atoms with Gasteiger partial charge in [0.25, 0.3) is 0 Å². The van der Waals surface area contributed by atoms with Crippen LogP contribution in [0.4, 0.5) is 0 Å². The normalized spacial score (nSPS) is 11.9. The molecule has 0 fully saturated rings. The van der Waals surface area contributed by atoms with Crippen LogP contribution in [0.25, 0.3) is 97.4 Å². The average Bonchev–Trinajstić information content (AvgIpc) is 3.85. The van der Waals surface area contributed by atoms with Gasteiger partial charge in [0.1, 0.15) is 0 Å². The van der Waals surface area contributed by atoms with Crippen molar-refractivity contribution in [1.29, 1.82) is 0 Å². The predicted octanol–water partition coefficient (Wildman–Crippen LogP) is 13.6. The molecule has 0 radical (unpaired) electrons. The fourth-order valence-corrected chi connectivity index (χ4v) is 9.23. The Morgan fingerprint density at radius 1 is 0.275 bits per heavy atom. The third-order valence-electron chi connectivity index (χ3n) is 10.5. The molecule has 11 aromatic rings. The van der Waals surface area contributed by atoms with Gasteiger partial charge in [0, 0.05) is 53.1 Å². The summed E-state index contributed by atoms with van der Waals surface area (Å²) in [7, 11) is 0. The van der Waals surface area contributed by atoms with Crippen LogP contribution in [0.2, 0.25) is 0 Å². The Morgan fingerprint density at radius 3 is 1.41 bits per heavy atom. The van der Waals surface area contributed by atoms with Gasteiger partial charge in [-0.25, -0.2) is 0 Å². The topological polar surface area (TPSA) is 9.86 Å². The van der Waals surface area contributed by atoms with E-state index in [1.807, 2.05) is 11.3 Å². The van der Waals surface area contributed by atoms with Crippen LogP contribution in [0.3, 0.4) is 0 Å². The molecule has 0 N–H and O–H groups in total. The molecule has 0 bridgehead atoms. The highest BCUT2D eigenvalue weighted by atomic mass is 32.1. The van der Waals surface area contributed by atoms with Crippen molar-refractivity contribution < 1.29 is 0 Å². The molecule has 0 amide bonds. The molecule has 8 aromatic carbocycles. The monoisotopic (exact) mass is 666 g/mol. The number of para-hydroxylation sites is 2. The van der Waals surface area contributed by atoms with E-state index in [-0.39, 0.29) is 0 Å². The number of nitrogens with zero attached hydrogens (tertiary/aromatic N) is 2. The molecule has 0 spiro atoms. The summed E-state index contributed by atoms with van der Waals surface area (Å²) in [4.78, 5) is 0. The minimum atomic E-state index is 1.16. The van der Waals surface area contributed by atoms with Gasteiger partial charge in [-0.15, -0.1) is 11.3 Å². The Balaban J connectivity index is 1.06. The second kappa shape index (κ2) is 11.0. The van der Waals surface area contributed by atoms with Gasteiger partial charge in [-0.3, -0.25) is 0 Å². The Hall–Kier alpha value is -6.42. The van der Waals surface area contributed by atoms with E-state index in [4.69, 9.17) is 0 Å². The van der Waals surface area contributed by atoms with Gasteiger partial charge in [0.2, 0.25) is 0 Å². The summed E-state index contributed by atoms with van der Waals surface area (Å²) >= 11 is 1.86. The maximum Gasteiger partial charge on any atom is 0.0541 e. The zero-order chi connectivity index (χ0) is 33.5. The lowest BCUT2D eigenvalue weighted by Gasteiger charge is -2.10. The van der Waals surface area contributed by atoms with E-state index in [1.54, 1.807) is 0 Å². The summed E-state index contributed by atoms with van der Waals surface area (Å²) in [6.07, 6.45) is 0. The third kappa shape index (κ3) is 4.35. The molecule has 0 aliphatic carbocycles. The summed E-state index contributed by atoms with van der Waals surface area (Å²) in [5, 5.41) is 7.68. The lowest BCUT2D eigenvalue weighted by molar-refractivity contribution is 1.18. The number of fused-ring (bicyclic) bond motifs is 9. The second-order valence-electron chi connectivity index (χ2n) is 13.4. The van der Waals surface area contributed by atoms with E-state index in [9.17, 15) is 0 Å². The summed E-state index contributed by atoms with van der Waals surface area (Å²) in [5.74, 6) is 0. The molecule has 0 atom stereocenters. The van der Waals surface area contributed by atoms with E-state index >= 15 is 0 Å². The van der Waals surface area contributed by atoms with Crippen LogP contribution in [0.1, 0.15) is 0 Å². The number of thiophene rings is 1. The molecule has 238 valence electrons. The molecule has 2 nitrogen and oxygen atoms in total. The first-order valence-corrected chi connectivity index (χ1v) is 18.2. The molecule has 3 heteroatoms. The SMILES string of the molecule is c1ccc(-c2ccc(-n3c4ccccc4c4cc(-c5ccc6c(c5)c5ccccc5n6-c5ccc6sc7ccccc7c6c5)ccc43)cc2)cc1. The Morgan fingerprint density at radius 2 is 0.745 bits per heavy atom. The molecule has 0 aliphatic rings. The number of aromatic nitrogens is 2. The van der Waals surface area contributed by atoms with Crippen molar-refractivity contribution in [3.05, 3.63) is 182 Å². The summed E-state index contributed by atoms with van der Waals surface area (Å²) in [6.45, 7) is 0. The zero-order valence-corrected chi connectivity index (χ0v) is 28.4. The van der Waals surface area contributed by atoms with Gasteiger partial charge >= 0.3 is 0 Å². The van der Waals surface area contributed by atoms with Gasteiger partial charge in [0.05, 0.1) is 22.1 Å². The molecule has 0 saturated heterocycles. The highest BCUT2D eigenvalue weighted by Crippen LogP contribution is 2.40. The smallest absolute Gasteiger partial charge is 0.0541 e. The predicted molar refractivity (Wildman–Crippen MR) is 219 cm³/mol. The van der Waals surface area contributed by atoms with Crippen LogP contribution >= 0.6 is 11.3 Å². The number of hydrogen-bond acceptors (Lipinski definition) is 1. The summed E-state index contributed by atoms with van der Waals surface area (Å²) in [5.41, 5.74) is 12.1. The van der Waals surface area contributed by atoms with E-state index in [1.165, 1.54) is 91.7 Å². The van der Waals surface area contributed by atoms with Crippen LogP contribution in [0, 0.1) is 0 Å². The molecule has 51 heavy (non-hydrogen) atoms. The highest BCUT2D eigenvalue weighted by molar-refractivity contribution is 7.25. The molecule has 0 saturated carbocycles. The van der Waals surface area contributed by atoms with Gasteiger partial charge in [-0.1, -0.05) is 109 Å². The molecule has 0 unspecified atom stereocenters. The lowest BCUT2D eigenvalue weighted by Crippen LogP contribution is -1.94. The summed E-state index contributed by atoms with van der Waals surface area (Å²) in [6, 6.07) is 66.7. The first kappa shape index (κ1) is 28.4. The highest BCUT2D eigenvalue weighted by Gasteiger charge is 2.17. The van der Waals surface area contributed by atoms with E-state index < -0.39 is 0 Å². The van der Waals surface area contributed by atoms with Crippen molar-refractivity contribution in [2.24, 2.45) is 0 Å². The number of hydrogen-bond donors (Lipinski definition) is 0.